The number of hydrogen-bond acceptors (Lipinski definition) is 3. The smallest absolute Gasteiger partial charge is 0.352 e. The van der Waals surface area contributed by atoms with E-state index in [-0.39, 0.29) is 24.4 Å². The molecular formula is C14H16F2N2O3. The topological polar surface area (TPSA) is 78.4 Å². The maximum atomic E-state index is 13.9. The van der Waals surface area contributed by atoms with E-state index in [1.807, 2.05) is 0 Å². The van der Waals surface area contributed by atoms with Gasteiger partial charge in [0.1, 0.15) is 5.60 Å². The van der Waals surface area contributed by atoms with Crippen LogP contribution in [0.5, 0.6) is 0 Å². The number of aliphatic hydroxyl groups is 1. The quantitative estimate of drug-likeness (QED) is 0.797. The van der Waals surface area contributed by atoms with Crippen LogP contribution in [0, 0.1) is 0 Å². The summed E-state index contributed by atoms with van der Waals surface area (Å²) in [6, 6.07) is 5.86. The summed E-state index contributed by atoms with van der Waals surface area (Å²) in [4.78, 5) is 22.6. The molecule has 0 aliphatic heterocycles. The van der Waals surface area contributed by atoms with Crippen molar-refractivity contribution >= 4 is 23.2 Å². The largest absolute Gasteiger partial charge is 0.383 e. The fourth-order valence-corrected chi connectivity index (χ4v) is 2.12. The van der Waals surface area contributed by atoms with Gasteiger partial charge in [0, 0.05) is 18.3 Å². The fourth-order valence-electron chi connectivity index (χ4n) is 2.12. The van der Waals surface area contributed by atoms with Crippen molar-refractivity contribution in [1.29, 1.82) is 0 Å². The zero-order valence-electron chi connectivity index (χ0n) is 11.5. The maximum absolute atomic E-state index is 13.9. The molecule has 0 saturated heterocycles. The Balaban J connectivity index is 2.10. The van der Waals surface area contributed by atoms with Crippen LogP contribution in [0.25, 0.3) is 0 Å². The van der Waals surface area contributed by atoms with E-state index in [2.05, 4.69) is 10.6 Å². The van der Waals surface area contributed by atoms with Crippen LogP contribution in [0.1, 0.15) is 26.2 Å². The summed E-state index contributed by atoms with van der Waals surface area (Å²) < 4.78 is 27.8. The van der Waals surface area contributed by atoms with Crippen molar-refractivity contribution < 1.29 is 23.5 Å². The van der Waals surface area contributed by atoms with E-state index < -0.39 is 17.4 Å². The first-order valence-electron chi connectivity index (χ1n) is 6.54. The molecule has 2 amide bonds. The molecule has 0 aromatic heterocycles. The predicted octanol–water partition coefficient (Wildman–Crippen LogP) is 2.13. The lowest BCUT2D eigenvalue weighted by Gasteiger charge is -2.41. The molecule has 0 bridgehead atoms. The molecule has 1 aliphatic rings. The summed E-state index contributed by atoms with van der Waals surface area (Å²) in [5.74, 6) is -5.72. The number of carbonyl (C=O) groups is 2. The Kier molecular flexibility index (Phi) is 3.95. The highest BCUT2D eigenvalue weighted by atomic mass is 19.3. The summed E-state index contributed by atoms with van der Waals surface area (Å²) >= 11 is 0. The van der Waals surface area contributed by atoms with Crippen LogP contribution in [-0.2, 0) is 9.59 Å². The minimum Gasteiger partial charge on any atom is -0.383 e. The van der Waals surface area contributed by atoms with Gasteiger partial charge in [-0.15, -0.1) is 0 Å². The van der Waals surface area contributed by atoms with Crippen molar-refractivity contribution in [1.82, 2.24) is 0 Å². The molecule has 21 heavy (non-hydrogen) atoms. The molecule has 0 atom stereocenters. The van der Waals surface area contributed by atoms with Crippen LogP contribution in [0.2, 0.25) is 0 Å². The van der Waals surface area contributed by atoms with Crippen LogP contribution in [0.3, 0.4) is 0 Å². The minimum absolute atomic E-state index is 0.0979. The summed E-state index contributed by atoms with van der Waals surface area (Å²) in [7, 11) is 0. The predicted molar refractivity (Wildman–Crippen MR) is 73.1 cm³/mol. The number of alkyl halides is 2. The fraction of sp³-hybridized carbons (Fsp3) is 0.429. The van der Waals surface area contributed by atoms with Gasteiger partial charge in [0.15, 0.2) is 0 Å². The van der Waals surface area contributed by atoms with Crippen LogP contribution < -0.4 is 10.6 Å². The third-order valence-corrected chi connectivity index (χ3v) is 3.49. The normalized spacial score (nSPS) is 16.8. The van der Waals surface area contributed by atoms with Crippen LogP contribution in [-0.4, -0.2) is 28.4 Å². The SMILES string of the molecule is CC(=O)Nc1cccc(NC(=O)C(F)(F)C2(O)CCC2)c1. The third-order valence-electron chi connectivity index (χ3n) is 3.49. The van der Waals surface area contributed by atoms with E-state index in [0.29, 0.717) is 12.1 Å². The number of benzene rings is 1. The molecule has 5 nitrogen and oxygen atoms in total. The Hall–Kier alpha value is -2.02. The van der Waals surface area contributed by atoms with Crippen LogP contribution >= 0.6 is 0 Å². The van der Waals surface area contributed by atoms with E-state index in [4.69, 9.17) is 0 Å². The Morgan fingerprint density at radius 1 is 1.24 bits per heavy atom. The third kappa shape index (κ3) is 3.02. The zero-order valence-corrected chi connectivity index (χ0v) is 11.5. The monoisotopic (exact) mass is 298 g/mol. The first-order valence-corrected chi connectivity index (χ1v) is 6.54. The second-order valence-electron chi connectivity index (χ2n) is 5.18. The molecule has 1 aliphatic carbocycles. The Labute approximate surface area is 120 Å². The number of hydrogen-bond donors (Lipinski definition) is 3. The molecule has 0 radical (unpaired) electrons. The lowest BCUT2D eigenvalue weighted by atomic mass is 9.75. The molecule has 0 spiro atoms. The van der Waals surface area contributed by atoms with Gasteiger partial charge in [-0.2, -0.15) is 8.78 Å². The average Bonchev–Trinajstić information content (AvgIpc) is 2.35. The van der Waals surface area contributed by atoms with Gasteiger partial charge >= 0.3 is 5.92 Å². The van der Waals surface area contributed by atoms with Gasteiger partial charge in [-0.05, 0) is 37.5 Å². The van der Waals surface area contributed by atoms with Crippen molar-refractivity contribution in [3.63, 3.8) is 0 Å². The van der Waals surface area contributed by atoms with Gasteiger partial charge in [0.2, 0.25) is 5.91 Å². The number of carbonyl (C=O) groups excluding carboxylic acids is 2. The highest BCUT2D eigenvalue weighted by Gasteiger charge is 2.61. The highest BCUT2D eigenvalue weighted by molar-refractivity contribution is 5.98. The average molecular weight is 298 g/mol. The molecule has 0 unspecified atom stereocenters. The molecule has 2 rings (SSSR count). The zero-order chi connectivity index (χ0) is 15.7. The molecule has 7 heteroatoms. The lowest BCUT2D eigenvalue weighted by molar-refractivity contribution is -0.212. The number of amides is 2. The van der Waals surface area contributed by atoms with E-state index in [1.54, 1.807) is 6.07 Å². The summed E-state index contributed by atoms with van der Waals surface area (Å²) in [5, 5.41) is 14.2. The van der Waals surface area contributed by atoms with E-state index in [9.17, 15) is 23.5 Å². The van der Waals surface area contributed by atoms with E-state index >= 15 is 0 Å². The first kappa shape index (κ1) is 15.4. The maximum Gasteiger partial charge on any atom is 0.352 e. The summed E-state index contributed by atoms with van der Waals surface area (Å²) in [5.41, 5.74) is -1.76. The van der Waals surface area contributed by atoms with Gasteiger partial charge in [0.05, 0.1) is 0 Å². The summed E-state index contributed by atoms with van der Waals surface area (Å²) in [6.45, 7) is 1.31. The Bertz CT molecular complexity index is 571. The molecule has 3 N–H and O–H groups in total. The summed E-state index contributed by atoms with van der Waals surface area (Å²) in [6.07, 6.45) is 0.274. The Morgan fingerprint density at radius 2 is 1.81 bits per heavy atom. The van der Waals surface area contributed by atoms with E-state index in [1.165, 1.54) is 25.1 Å². The number of rotatable bonds is 4. The second kappa shape index (κ2) is 5.40. The molecule has 1 fully saturated rings. The number of nitrogens with one attached hydrogen (secondary N) is 2. The van der Waals surface area contributed by atoms with Crippen molar-refractivity contribution in [2.75, 3.05) is 10.6 Å². The minimum atomic E-state index is -3.85. The molecule has 1 aromatic carbocycles. The van der Waals surface area contributed by atoms with Gasteiger partial charge in [-0.25, -0.2) is 0 Å². The molecule has 114 valence electrons. The van der Waals surface area contributed by atoms with Crippen molar-refractivity contribution in [2.45, 2.75) is 37.7 Å². The van der Waals surface area contributed by atoms with Crippen molar-refractivity contribution in [3.8, 4) is 0 Å². The van der Waals surface area contributed by atoms with Gasteiger partial charge in [-0.1, -0.05) is 6.07 Å². The molecular weight excluding hydrogens is 282 g/mol. The number of halogens is 2. The first-order chi connectivity index (χ1) is 9.74. The van der Waals surface area contributed by atoms with Gasteiger partial charge < -0.3 is 15.7 Å². The highest BCUT2D eigenvalue weighted by Crippen LogP contribution is 2.44. The van der Waals surface area contributed by atoms with Crippen LogP contribution in [0.15, 0.2) is 24.3 Å². The molecule has 0 heterocycles. The van der Waals surface area contributed by atoms with Gasteiger partial charge in [0.25, 0.3) is 5.91 Å². The molecule has 1 saturated carbocycles. The molecule has 1 aromatic rings. The number of anilines is 2. The van der Waals surface area contributed by atoms with Crippen molar-refractivity contribution in [2.24, 2.45) is 0 Å². The lowest BCUT2D eigenvalue weighted by Crippen LogP contribution is -2.59. The Morgan fingerprint density at radius 3 is 2.29 bits per heavy atom. The van der Waals surface area contributed by atoms with E-state index in [0.717, 1.165) is 0 Å². The van der Waals surface area contributed by atoms with Gasteiger partial charge in [-0.3, -0.25) is 9.59 Å². The second-order valence-corrected chi connectivity index (χ2v) is 5.18. The van der Waals surface area contributed by atoms with Crippen molar-refractivity contribution in [3.05, 3.63) is 24.3 Å². The van der Waals surface area contributed by atoms with Crippen LogP contribution in [0.4, 0.5) is 20.2 Å². The standard InChI is InChI=1S/C14H16F2N2O3/c1-9(19)17-10-4-2-5-11(8-10)18-12(20)14(15,16)13(21)6-3-7-13/h2,4-5,8,21H,3,6-7H2,1H3,(H,17,19)(H,18,20).